The van der Waals surface area contributed by atoms with Gasteiger partial charge in [0.05, 0.1) is 10.7 Å². The Morgan fingerprint density at radius 3 is 2.58 bits per heavy atom. The van der Waals surface area contributed by atoms with Crippen molar-refractivity contribution in [1.82, 2.24) is 4.98 Å². The average Bonchev–Trinajstić information content (AvgIpc) is 3.03. The van der Waals surface area contributed by atoms with Gasteiger partial charge in [-0.1, -0.05) is 23.7 Å². The molecule has 2 aromatic carbocycles. The molecule has 4 nitrogen and oxygen atoms in total. The number of nitrogens with one attached hydrogen (secondary N) is 1. The monoisotopic (exact) mass is 386 g/mol. The summed E-state index contributed by atoms with van der Waals surface area (Å²) in [6, 6.07) is 14.6. The van der Waals surface area contributed by atoms with Crippen LogP contribution in [0.25, 0.3) is 11.3 Å². The van der Waals surface area contributed by atoms with Crippen LogP contribution in [0.15, 0.2) is 53.9 Å². The van der Waals surface area contributed by atoms with Crippen molar-refractivity contribution in [2.75, 3.05) is 5.32 Å². The Labute approximate surface area is 161 Å². The molecule has 0 unspecified atom stereocenters. The predicted octanol–water partition coefficient (Wildman–Crippen LogP) is 5.57. The molecule has 0 bridgehead atoms. The van der Waals surface area contributed by atoms with Crippen LogP contribution in [-0.2, 0) is 4.79 Å². The van der Waals surface area contributed by atoms with Crippen molar-refractivity contribution >= 4 is 34.5 Å². The fraction of sp³-hybridized carbons (Fsp3) is 0.200. The van der Waals surface area contributed by atoms with Crippen molar-refractivity contribution in [3.8, 4) is 17.0 Å². The maximum atomic E-state index is 12.7. The molecule has 0 radical (unpaired) electrons. The molecule has 1 amide bonds. The highest BCUT2D eigenvalue weighted by atomic mass is 35.5. The Morgan fingerprint density at radius 2 is 1.92 bits per heavy atom. The van der Waals surface area contributed by atoms with Gasteiger partial charge in [-0.05, 0) is 57.2 Å². The number of aryl methyl sites for hydroxylation is 1. The first-order valence-corrected chi connectivity index (χ1v) is 9.38. The molecule has 134 valence electrons. The first-order valence-electron chi connectivity index (χ1n) is 8.12. The number of hydrogen-bond acceptors (Lipinski definition) is 4. The maximum Gasteiger partial charge on any atom is 0.267 e. The van der Waals surface area contributed by atoms with Crippen LogP contribution < -0.4 is 10.1 Å². The number of amides is 1. The zero-order chi connectivity index (χ0) is 18.7. The summed E-state index contributed by atoms with van der Waals surface area (Å²) in [6.45, 7) is 5.42. The van der Waals surface area contributed by atoms with Crippen LogP contribution >= 0.6 is 22.9 Å². The van der Waals surface area contributed by atoms with E-state index in [0.29, 0.717) is 16.5 Å². The van der Waals surface area contributed by atoms with Crippen molar-refractivity contribution in [2.45, 2.75) is 26.4 Å². The van der Waals surface area contributed by atoms with Crippen LogP contribution in [0.5, 0.6) is 5.75 Å². The molecule has 1 aromatic heterocycles. The van der Waals surface area contributed by atoms with Gasteiger partial charge in [0.15, 0.2) is 5.60 Å². The second kappa shape index (κ2) is 7.48. The van der Waals surface area contributed by atoms with Crippen LogP contribution in [0.2, 0.25) is 5.02 Å². The topological polar surface area (TPSA) is 51.2 Å². The van der Waals surface area contributed by atoms with Crippen molar-refractivity contribution in [3.63, 3.8) is 0 Å². The Bertz CT molecular complexity index is 920. The fourth-order valence-corrected chi connectivity index (χ4v) is 3.13. The van der Waals surface area contributed by atoms with Gasteiger partial charge in [0, 0.05) is 21.7 Å². The smallest absolute Gasteiger partial charge is 0.267 e. The highest BCUT2D eigenvalue weighted by Crippen LogP contribution is 2.26. The number of hydrogen-bond donors (Lipinski definition) is 1. The molecule has 0 spiro atoms. The van der Waals surface area contributed by atoms with E-state index in [1.165, 1.54) is 0 Å². The van der Waals surface area contributed by atoms with E-state index in [4.69, 9.17) is 16.3 Å². The van der Waals surface area contributed by atoms with E-state index in [1.807, 2.05) is 36.6 Å². The molecule has 0 aliphatic carbocycles. The summed E-state index contributed by atoms with van der Waals surface area (Å²) in [5.41, 5.74) is 1.52. The lowest BCUT2D eigenvalue weighted by Crippen LogP contribution is -2.42. The lowest BCUT2D eigenvalue weighted by atomic mass is 10.1. The molecular formula is C20H19ClN2O2S. The Hall–Kier alpha value is -2.37. The third-order valence-electron chi connectivity index (χ3n) is 3.77. The van der Waals surface area contributed by atoms with Crippen molar-refractivity contribution < 1.29 is 9.53 Å². The van der Waals surface area contributed by atoms with Gasteiger partial charge in [-0.3, -0.25) is 4.79 Å². The average molecular weight is 387 g/mol. The molecule has 0 aliphatic heterocycles. The van der Waals surface area contributed by atoms with Gasteiger partial charge in [0.25, 0.3) is 5.91 Å². The third kappa shape index (κ3) is 4.42. The summed E-state index contributed by atoms with van der Waals surface area (Å²) in [4.78, 5) is 17.2. The highest BCUT2D eigenvalue weighted by molar-refractivity contribution is 7.09. The zero-order valence-corrected chi connectivity index (χ0v) is 16.3. The van der Waals surface area contributed by atoms with Gasteiger partial charge in [0.1, 0.15) is 5.75 Å². The fourth-order valence-electron chi connectivity index (χ4n) is 2.38. The number of nitrogens with zero attached hydrogens (tertiary/aromatic N) is 1. The second-order valence-electron chi connectivity index (χ2n) is 6.35. The summed E-state index contributed by atoms with van der Waals surface area (Å²) in [7, 11) is 0. The summed E-state index contributed by atoms with van der Waals surface area (Å²) in [6.07, 6.45) is 0. The molecule has 3 rings (SSSR count). The summed E-state index contributed by atoms with van der Waals surface area (Å²) in [5.74, 6) is 0.348. The van der Waals surface area contributed by atoms with E-state index in [0.717, 1.165) is 16.3 Å². The minimum atomic E-state index is -1.04. The number of carbonyl (C=O) groups is 1. The van der Waals surface area contributed by atoms with E-state index in [9.17, 15) is 4.79 Å². The summed E-state index contributed by atoms with van der Waals surface area (Å²) >= 11 is 7.48. The summed E-state index contributed by atoms with van der Waals surface area (Å²) in [5, 5.41) is 6.55. The largest absolute Gasteiger partial charge is 0.478 e. The maximum absolute atomic E-state index is 12.7. The number of halogens is 1. The molecule has 1 heterocycles. The zero-order valence-electron chi connectivity index (χ0n) is 14.7. The highest BCUT2D eigenvalue weighted by Gasteiger charge is 2.30. The number of rotatable bonds is 5. The van der Waals surface area contributed by atoms with Crippen molar-refractivity contribution in [1.29, 1.82) is 0 Å². The molecule has 1 N–H and O–H groups in total. The van der Waals surface area contributed by atoms with Gasteiger partial charge in [0.2, 0.25) is 0 Å². The first-order chi connectivity index (χ1) is 12.3. The molecular weight excluding hydrogens is 368 g/mol. The number of anilines is 1. The summed E-state index contributed by atoms with van der Waals surface area (Å²) < 4.78 is 5.83. The SMILES string of the molecule is Cc1nc(-c2cccc(NC(=O)C(C)(C)Oc3ccc(Cl)cc3)c2)cs1. The van der Waals surface area contributed by atoms with Crippen LogP contribution in [0.3, 0.4) is 0 Å². The van der Waals surface area contributed by atoms with Gasteiger partial charge >= 0.3 is 0 Å². The molecule has 0 saturated heterocycles. The van der Waals surface area contributed by atoms with Crippen LogP contribution in [0.4, 0.5) is 5.69 Å². The molecule has 26 heavy (non-hydrogen) atoms. The molecule has 0 fully saturated rings. The van der Waals surface area contributed by atoms with Gasteiger partial charge in [-0.2, -0.15) is 0 Å². The van der Waals surface area contributed by atoms with Gasteiger partial charge in [-0.15, -0.1) is 11.3 Å². The number of aromatic nitrogens is 1. The minimum Gasteiger partial charge on any atom is -0.478 e. The number of carbonyl (C=O) groups excluding carboxylic acids is 1. The second-order valence-corrected chi connectivity index (χ2v) is 7.85. The van der Waals surface area contributed by atoms with E-state index in [-0.39, 0.29) is 5.91 Å². The first kappa shape index (κ1) is 18.4. The third-order valence-corrected chi connectivity index (χ3v) is 4.79. The molecule has 3 aromatic rings. The molecule has 0 saturated carbocycles. The van der Waals surface area contributed by atoms with Gasteiger partial charge in [-0.25, -0.2) is 4.98 Å². The Kier molecular flexibility index (Phi) is 5.30. The Morgan fingerprint density at radius 1 is 1.19 bits per heavy atom. The van der Waals surface area contributed by atoms with E-state index in [2.05, 4.69) is 10.3 Å². The molecule has 6 heteroatoms. The molecule has 0 atom stereocenters. The quantitative estimate of drug-likeness (QED) is 0.623. The lowest BCUT2D eigenvalue weighted by Gasteiger charge is -2.25. The number of benzene rings is 2. The number of ether oxygens (including phenoxy) is 1. The van der Waals surface area contributed by atoms with E-state index < -0.39 is 5.60 Å². The van der Waals surface area contributed by atoms with E-state index in [1.54, 1.807) is 49.4 Å². The number of thiazole rings is 1. The minimum absolute atomic E-state index is 0.237. The standard InChI is InChI=1S/C20H19ClN2O2S/c1-13-22-18(12-26-13)14-5-4-6-16(11-14)23-19(24)20(2,3)25-17-9-7-15(21)8-10-17/h4-12H,1-3H3,(H,23,24). The van der Waals surface area contributed by atoms with Crippen LogP contribution in [0.1, 0.15) is 18.9 Å². The van der Waals surface area contributed by atoms with Crippen LogP contribution in [0, 0.1) is 6.92 Å². The lowest BCUT2D eigenvalue weighted by molar-refractivity contribution is -0.128. The van der Waals surface area contributed by atoms with E-state index >= 15 is 0 Å². The van der Waals surface area contributed by atoms with Gasteiger partial charge < -0.3 is 10.1 Å². The van der Waals surface area contributed by atoms with Crippen LogP contribution in [-0.4, -0.2) is 16.5 Å². The normalized spacial score (nSPS) is 11.2. The molecule has 0 aliphatic rings. The van der Waals surface area contributed by atoms with Crippen molar-refractivity contribution in [2.24, 2.45) is 0 Å². The predicted molar refractivity (Wildman–Crippen MR) is 107 cm³/mol. The Balaban J connectivity index is 1.73. The van der Waals surface area contributed by atoms with Crippen molar-refractivity contribution in [3.05, 3.63) is 63.9 Å².